The molecule has 1 N–H and O–H groups in total. The average molecular weight is 290 g/mol. The van der Waals surface area contributed by atoms with Gasteiger partial charge in [-0.1, -0.05) is 20.8 Å². The van der Waals surface area contributed by atoms with Gasteiger partial charge in [0.1, 0.15) is 5.54 Å². The fraction of sp³-hybridized carbons (Fsp3) is 0.944. The lowest BCUT2D eigenvalue weighted by atomic mass is 9.70. The molecule has 0 aromatic heterocycles. The van der Waals surface area contributed by atoms with Crippen LogP contribution in [0.4, 0.5) is 0 Å². The monoisotopic (exact) mass is 290 g/mol. The molecule has 0 aromatic rings. The van der Waals surface area contributed by atoms with Crippen molar-refractivity contribution >= 4 is 0 Å². The van der Waals surface area contributed by atoms with Gasteiger partial charge in [0.15, 0.2) is 0 Å². The minimum absolute atomic E-state index is 0.324. The van der Waals surface area contributed by atoms with E-state index in [1.54, 1.807) is 0 Å². The summed E-state index contributed by atoms with van der Waals surface area (Å²) in [6.45, 7) is 9.97. The summed E-state index contributed by atoms with van der Waals surface area (Å²) < 4.78 is 6.28. The largest absolute Gasteiger partial charge is 0.378 e. The number of hydrogen-bond donors (Lipinski definition) is 1. The normalized spacial score (nSPS) is 40.0. The Morgan fingerprint density at radius 2 is 2.00 bits per heavy atom. The van der Waals surface area contributed by atoms with E-state index in [1.807, 2.05) is 6.92 Å². The molecule has 21 heavy (non-hydrogen) atoms. The van der Waals surface area contributed by atoms with Crippen molar-refractivity contribution in [3.8, 4) is 6.07 Å². The van der Waals surface area contributed by atoms with E-state index < -0.39 is 5.54 Å². The molecule has 3 rings (SSSR count). The van der Waals surface area contributed by atoms with Gasteiger partial charge in [-0.2, -0.15) is 5.26 Å². The third-order valence-electron chi connectivity index (χ3n) is 6.98. The number of hydrogen-bond acceptors (Lipinski definition) is 3. The molecule has 3 aliphatic rings. The van der Waals surface area contributed by atoms with E-state index in [-0.39, 0.29) is 0 Å². The highest BCUT2D eigenvalue weighted by Crippen LogP contribution is 2.66. The first-order chi connectivity index (χ1) is 9.81. The molecule has 2 bridgehead atoms. The van der Waals surface area contributed by atoms with Crippen LogP contribution in [0, 0.1) is 28.1 Å². The van der Waals surface area contributed by atoms with E-state index in [2.05, 4.69) is 32.2 Å². The second-order valence-electron chi connectivity index (χ2n) is 8.58. The molecule has 0 heterocycles. The SMILES string of the molecule is CC(C#N)(CCOC1CC2CCC1(C)C2(C)C)NC1CC1. The lowest BCUT2D eigenvalue weighted by Gasteiger charge is -2.39. The molecular weight excluding hydrogens is 260 g/mol. The molecule has 4 atom stereocenters. The summed E-state index contributed by atoms with van der Waals surface area (Å²) in [5, 5.41) is 12.9. The predicted octanol–water partition coefficient (Wildman–Crippen LogP) is 3.64. The molecule has 0 spiro atoms. The first-order valence-corrected chi connectivity index (χ1v) is 8.61. The number of fused-ring (bicyclic) bond motifs is 2. The van der Waals surface area contributed by atoms with Crippen molar-refractivity contribution in [2.75, 3.05) is 6.61 Å². The zero-order chi connectivity index (χ0) is 15.3. The van der Waals surface area contributed by atoms with Crippen LogP contribution in [0.15, 0.2) is 0 Å². The van der Waals surface area contributed by atoms with E-state index in [4.69, 9.17) is 4.74 Å². The Hall–Kier alpha value is -0.590. The second-order valence-corrected chi connectivity index (χ2v) is 8.58. The number of rotatable bonds is 6. The Morgan fingerprint density at radius 1 is 1.29 bits per heavy atom. The third kappa shape index (κ3) is 2.51. The number of nitrogens with one attached hydrogen (secondary N) is 1. The summed E-state index contributed by atoms with van der Waals surface area (Å²) in [5.74, 6) is 0.819. The van der Waals surface area contributed by atoms with Gasteiger partial charge < -0.3 is 4.74 Å². The van der Waals surface area contributed by atoms with Crippen LogP contribution in [-0.2, 0) is 4.74 Å². The quantitative estimate of drug-likeness (QED) is 0.812. The van der Waals surface area contributed by atoms with Crippen molar-refractivity contribution in [1.82, 2.24) is 5.32 Å². The fourth-order valence-corrected chi connectivity index (χ4v) is 4.63. The molecule has 0 amide bonds. The maximum atomic E-state index is 9.42. The smallest absolute Gasteiger partial charge is 0.106 e. The summed E-state index contributed by atoms with van der Waals surface area (Å²) in [7, 11) is 0. The van der Waals surface area contributed by atoms with Crippen molar-refractivity contribution in [2.24, 2.45) is 16.7 Å². The van der Waals surface area contributed by atoms with Gasteiger partial charge in [0, 0.05) is 19.1 Å². The average Bonchev–Trinajstić information content (AvgIpc) is 3.17. The lowest BCUT2D eigenvalue weighted by Crippen LogP contribution is -2.44. The van der Waals surface area contributed by atoms with Gasteiger partial charge in [-0.3, -0.25) is 5.32 Å². The van der Waals surface area contributed by atoms with Crippen LogP contribution < -0.4 is 5.32 Å². The van der Waals surface area contributed by atoms with E-state index in [9.17, 15) is 5.26 Å². The Labute approximate surface area is 129 Å². The van der Waals surface area contributed by atoms with Crippen molar-refractivity contribution in [2.45, 2.75) is 83.9 Å². The van der Waals surface area contributed by atoms with Crippen LogP contribution in [0.1, 0.15) is 66.2 Å². The number of nitriles is 1. The van der Waals surface area contributed by atoms with E-state index >= 15 is 0 Å². The highest BCUT2D eigenvalue weighted by atomic mass is 16.5. The van der Waals surface area contributed by atoms with Crippen LogP contribution in [0.25, 0.3) is 0 Å². The highest BCUT2D eigenvalue weighted by molar-refractivity contribution is 5.11. The van der Waals surface area contributed by atoms with Gasteiger partial charge in [-0.15, -0.1) is 0 Å². The molecule has 3 aliphatic carbocycles. The molecule has 0 aromatic carbocycles. The van der Waals surface area contributed by atoms with Crippen molar-refractivity contribution in [3.63, 3.8) is 0 Å². The summed E-state index contributed by atoms with van der Waals surface area (Å²) >= 11 is 0. The van der Waals surface area contributed by atoms with Crippen molar-refractivity contribution < 1.29 is 4.74 Å². The van der Waals surface area contributed by atoms with Crippen LogP contribution >= 0.6 is 0 Å². The summed E-state index contributed by atoms with van der Waals surface area (Å²) in [5.41, 5.74) is 0.308. The molecule has 3 saturated carbocycles. The summed E-state index contributed by atoms with van der Waals surface area (Å²) in [4.78, 5) is 0. The lowest BCUT2D eigenvalue weighted by molar-refractivity contribution is -0.0503. The van der Waals surface area contributed by atoms with E-state index in [1.165, 1.54) is 32.1 Å². The van der Waals surface area contributed by atoms with Gasteiger partial charge in [0.25, 0.3) is 0 Å². The van der Waals surface area contributed by atoms with Gasteiger partial charge in [-0.25, -0.2) is 0 Å². The Kier molecular flexibility index (Phi) is 3.62. The Balaban J connectivity index is 1.53. The topological polar surface area (TPSA) is 45.0 Å². The maximum Gasteiger partial charge on any atom is 0.106 e. The molecule has 0 saturated heterocycles. The van der Waals surface area contributed by atoms with Crippen LogP contribution in [0.3, 0.4) is 0 Å². The number of nitrogens with zero attached hydrogens (tertiary/aromatic N) is 1. The van der Waals surface area contributed by atoms with E-state index in [0.29, 0.717) is 29.6 Å². The maximum absolute atomic E-state index is 9.42. The first-order valence-electron chi connectivity index (χ1n) is 8.61. The molecule has 3 nitrogen and oxygen atoms in total. The van der Waals surface area contributed by atoms with Crippen LogP contribution in [0.5, 0.6) is 0 Å². The first kappa shape index (κ1) is 15.3. The van der Waals surface area contributed by atoms with E-state index in [0.717, 1.165) is 12.3 Å². The van der Waals surface area contributed by atoms with Gasteiger partial charge in [0.05, 0.1) is 12.2 Å². The highest BCUT2D eigenvalue weighted by Gasteiger charge is 2.61. The van der Waals surface area contributed by atoms with Crippen molar-refractivity contribution in [3.05, 3.63) is 0 Å². The predicted molar refractivity (Wildman–Crippen MR) is 83.8 cm³/mol. The zero-order valence-corrected chi connectivity index (χ0v) is 14.0. The Bertz CT molecular complexity index is 451. The third-order valence-corrected chi connectivity index (χ3v) is 6.98. The van der Waals surface area contributed by atoms with Crippen LogP contribution in [-0.4, -0.2) is 24.3 Å². The molecule has 3 heteroatoms. The number of ether oxygens (including phenoxy) is 1. The fourth-order valence-electron chi connectivity index (χ4n) is 4.63. The molecule has 3 fully saturated rings. The molecule has 0 aliphatic heterocycles. The molecule has 4 unspecified atom stereocenters. The Morgan fingerprint density at radius 3 is 2.48 bits per heavy atom. The van der Waals surface area contributed by atoms with Gasteiger partial charge in [-0.05, 0) is 55.8 Å². The zero-order valence-electron chi connectivity index (χ0n) is 14.0. The second kappa shape index (κ2) is 4.96. The van der Waals surface area contributed by atoms with Crippen LogP contribution in [0.2, 0.25) is 0 Å². The van der Waals surface area contributed by atoms with Gasteiger partial charge >= 0.3 is 0 Å². The molecular formula is C18H30N2O. The summed E-state index contributed by atoms with van der Waals surface area (Å²) in [6.07, 6.45) is 7.48. The minimum Gasteiger partial charge on any atom is -0.378 e. The van der Waals surface area contributed by atoms with Gasteiger partial charge in [0.2, 0.25) is 0 Å². The minimum atomic E-state index is -0.421. The molecule has 118 valence electrons. The summed E-state index contributed by atoms with van der Waals surface area (Å²) in [6, 6.07) is 3.01. The standard InChI is InChI=1S/C18H30N2O/c1-16(2)13-7-8-18(16,4)15(11-13)21-10-9-17(3,12-19)20-14-5-6-14/h13-15,20H,5-11H2,1-4H3. The van der Waals surface area contributed by atoms with Crippen molar-refractivity contribution in [1.29, 1.82) is 5.26 Å². The molecule has 0 radical (unpaired) electrons.